The summed E-state index contributed by atoms with van der Waals surface area (Å²) >= 11 is 1.55. The minimum absolute atomic E-state index is 0.131. The second-order valence-corrected chi connectivity index (χ2v) is 5.32. The molecular formula is C13H17N3OS. The molecule has 0 spiro atoms. The first-order valence-electron chi connectivity index (χ1n) is 6.01. The van der Waals surface area contributed by atoms with Crippen LogP contribution in [0.25, 0.3) is 10.2 Å². The minimum Gasteiger partial charge on any atom is -0.325 e. The maximum Gasteiger partial charge on any atom is 0.241 e. The highest BCUT2D eigenvalue weighted by Crippen LogP contribution is 2.22. The van der Waals surface area contributed by atoms with Crippen LogP contribution in [-0.4, -0.2) is 16.9 Å². The molecule has 3 N–H and O–H groups in total. The van der Waals surface area contributed by atoms with Crippen LogP contribution < -0.4 is 11.1 Å². The molecule has 0 aliphatic heterocycles. The quantitative estimate of drug-likeness (QED) is 0.891. The molecule has 5 heteroatoms. The van der Waals surface area contributed by atoms with Crippen LogP contribution in [0.3, 0.4) is 0 Å². The maximum atomic E-state index is 11.9. The van der Waals surface area contributed by atoms with Gasteiger partial charge < -0.3 is 11.1 Å². The molecule has 0 saturated carbocycles. The third-order valence-electron chi connectivity index (χ3n) is 3.16. The van der Waals surface area contributed by atoms with Crippen molar-refractivity contribution < 1.29 is 4.79 Å². The topological polar surface area (TPSA) is 68.0 Å². The number of carbonyl (C=O) groups excluding carboxylic acids is 1. The van der Waals surface area contributed by atoms with E-state index in [9.17, 15) is 4.79 Å². The first kappa shape index (κ1) is 13.0. The summed E-state index contributed by atoms with van der Waals surface area (Å²) < 4.78 is 1.06. The van der Waals surface area contributed by atoms with E-state index in [0.717, 1.165) is 22.3 Å². The van der Waals surface area contributed by atoms with Gasteiger partial charge in [0.15, 0.2) is 0 Å². The summed E-state index contributed by atoms with van der Waals surface area (Å²) in [6, 6.07) is 5.21. The van der Waals surface area contributed by atoms with E-state index in [1.807, 2.05) is 32.0 Å². The Bertz CT molecular complexity index is 552. The van der Waals surface area contributed by atoms with Crippen LogP contribution in [0, 0.1) is 5.92 Å². The number of benzene rings is 1. The van der Waals surface area contributed by atoms with Gasteiger partial charge in [0.2, 0.25) is 5.91 Å². The van der Waals surface area contributed by atoms with Gasteiger partial charge in [-0.3, -0.25) is 4.79 Å². The lowest BCUT2D eigenvalue weighted by molar-refractivity contribution is -0.118. The summed E-state index contributed by atoms with van der Waals surface area (Å²) in [5, 5.41) is 2.85. The van der Waals surface area contributed by atoms with Crippen LogP contribution in [0.15, 0.2) is 23.7 Å². The van der Waals surface area contributed by atoms with Crippen LogP contribution in [0.2, 0.25) is 0 Å². The van der Waals surface area contributed by atoms with E-state index in [1.54, 1.807) is 16.8 Å². The molecule has 0 saturated heterocycles. The van der Waals surface area contributed by atoms with Crippen molar-refractivity contribution in [3.8, 4) is 0 Å². The number of amides is 1. The highest BCUT2D eigenvalue weighted by molar-refractivity contribution is 7.16. The zero-order chi connectivity index (χ0) is 13.1. The summed E-state index contributed by atoms with van der Waals surface area (Å²) in [6.45, 7) is 4.01. The summed E-state index contributed by atoms with van der Waals surface area (Å²) in [7, 11) is 0. The number of rotatable bonds is 4. The van der Waals surface area contributed by atoms with Crippen molar-refractivity contribution in [3.05, 3.63) is 23.7 Å². The van der Waals surface area contributed by atoms with E-state index >= 15 is 0 Å². The number of aromatic nitrogens is 1. The maximum absolute atomic E-state index is 11.9. The van der Waals surface area contributed by atoms with Gasteiger partial charge in [-0.25, -0.2) is 4.98 Å². The molecule has 2 rings (SSSR count). The van der Waals surface area contributed by atoms with Crippen LogP contribution >= 0.6 is 11.3 Å². The standard InChI is InChI=1S/C13H17N3OS/c1-3-8(2)12(14)13(17)16-9-4-5-10-11(6-9)18-7-15-10/h4-8,12H,3,14H2,1-2H3,(H,16,17). The van der Waals surface area contributed by atoms with E-state index in [2.05, 4.69) is 10.3 Å². The molecule has 0 fully saturated rings. The van der Waals surface area contributed by atoms with Crippen LogP contribution in [0.4, 0.5) is 5.69 Å². The van der Waals surface area contributed by atoms with Gasteiger partial charge in [0.25, 0.3) is 0 Å². The highest BCUT2D eigenvalue weighted by atomic mass is 32.1. The summed E-state index contributed by atoms with van der Waals surface area (Å²) in [5.74, 6) is 0.0466. The number of fused-ring (bicyclic) bond motifs is 1. The predicted molar refractivity (Wildman–Crippen MR) is 75.7 cm³/mol. The SMILES string of the molecule is CCC(C)C(N)C(=O)Nc1ccc2ncsc2c1. The first-order chi connectivity index (χ1) is 8.61. The lowest BCUT2D eigenvalue weighted by Crippen LogP contribution is -2.40. The van der Waals surface area contributed by atoms with Gasteiger partial charge in [-0.05, 0) is 24.1 Å². The molecule has 0 aliphatic carbocycles. The molecule has 1 aromatic heterocycles. The van der Waals surface area contributed by atoms with Crippen molar-refractivity contribution in [1.82, 2.24) is 4.98 Å². The first-order valence-corrected chi connectivity index (χ1v) is 6.89. The highest BCUT2D eigenvalue weighted by Gasteiger charge is 2.19. The molecule has 4 nitrogen and oxygen atoms in total. The average molecular weight is 263 g/mol. The lowest BCUT2D eigenvalue weighted by Gasteiger charge is -2.17. The molecule has 1 amide bonds. The van der Waals surface area contributed by atoms with Crippen molar-refractivity contribution in [2.45, 2.75) is 26.3 Å². The van der Waals surface area contributed by atoms with Crippen molar-refractivity contribution in [3.63, 3.8) is 0 Å². The molecule has 0 aliphatic rings. The number of anilines is 1. The minimum atomic E-state index is -0.466. The van der Waals surface area contributed by atoms with E-state index in [1.165, 1.54) is 0 Å². The van der Waals surface area contributed by atoms with Crippen LogP contribution in [0.1, 0.15) is 20.3 Å². The zero-order valence-corrected chi connectivity index (χ0v) is 11.3. The molecule has 2 atom stereocenters. The van der Waals surface area contributed by atoms with E-state index in [-0.39, 0.29) is 11.8 Å². The molecule has 0 bridgehead atoms. The number of hydrogen-bond donors (Lipinski definition) is 2. The fourth-order valence-electron chi connectivity index (χ4n) is 1.67. The summed E-state index contributed by atoms with van der Waals surface area (Å²) in [5.41, 5.74) is 9.40. The molecule has 2 aromatic rings. The number of nitrogens with one attached hydrogen (secondary N) is 1. The Hall–Kier alpha value is -1.46. The normalized spacial score (nSPS) is 14.4. The molecule has 0 radical (unpaired) electrons. The Morgan fingerprint density at radius 2 is 2.33 bits per heavy atom. The van der Waals surface area contributed by atoms with Gasteiger partial charge in [-0.2, -0.15) is 0 Å². The predicted octanol–water partition coefficient (Wildman–Crippen LogP) is 2.61. The molecule has 2 unspecified atom stereocenters. The number of thiazole rings is 1. The third kappa shape index (κ3) is 2.68. The Kier molecular flexibility index (Phi) is 3.93. The fraction of sp³-hybridized carbons (Fsp3) is 0.385. The number of nitrogens with two attached hydrogens (primary N) is 1. The lowest BCUT2D eigenvalue weighted by atomic mass is 9.99. The summed E-state index contributed by atoms with van der Waals surface area (Å²) in [4.78, 5) is 16.1. The van der Waals surface area contributed by atoms with Gasteiger partial charge >= 0.3 is 0 Å². The smallest absolute Gasteiger partial charge is 0.241 e. The van der Waals surface area contributed by atoms with Crippen molar-refractivity contribution in [2.24, 2.45) is 11.7 Å². The van der Waals surface area contributed by atoms with E-state index in [0.29, 0.717) is 0 Å². The number of nitrogens with zero attached hydrogens (tertiary/aromatic N) is 1. The average Bonchev–Trinajstić information content (AvgIpc) is 2.84. The zero-order valence-electron chi connectivity index (χ0n) is 10.5. The Morgan fingerprint density at radius 1 is 1.56 bits per heavy atom. The second-order valence-electron chi connectivity index (χ2n) is 4.44. The monoisotopic (exact) mass is 263 g/mol. The van der Waals surface area contributed by atoms with Gasteiger partial charge in [0.05, 0.1) is 21.8 Å². The van der Waals surface area contributed by atoms with Gasteiger partial charge in [-0.1, -0.05) is 20.3 Å². The van der Waals surface area contributed by atoms with E-state index in [4.69, 9.17) is 5.73 Å². The number of hydrogen-bond acceptors (Lipinski definition) is 4. The molecular weight excluding hydrogens is 246 g/mol. The fourth-order valence-corrected chi connectivity index (χ4v) is 2.39. The van der Waals surface area contributed by atoms with Crippen molar-refractivity contribution in [1.29, 1.82) is 0 Å². The van der Waals surface area contributed by atoms with Gasteiger partial charge in [-0.15, -0.1) is 11.3 Å². The Balaban J connectivity index is 2.10. The van der Waals surface area contributed by atoms with Crippen LogP contribution in [0.5, 0.6) is 0 Å². The largest absolute Gasteiger partial charge is 0.325 e. The molecule has 18 heavy (non-hydrogen) atoms. The molecule has 1 heterocycles. The second kappa shape index (κ2) is 5.46. The Morgan fingerprint density at radius 3 is 3.06 bits per heavy atom. The Labute approximate surface area is 110 Å². The van der Waals surface area contributed by atoms with Gasteiger partial charge in [0, 0.05) is 5.69 Å². The number of carbonyl (C=O) groups is 1. The van der Waals surface area contributed by atoms with Crippen LogP contribution in [-0.2, 0) is 4.79 Å². The van der Waals surface area contributed by atoms with E-state index < -0.39 is 6.04 Å². The summed E-state index contributed by atoms with van der Waals surface area (Å²) in [6.07, 6.45) is 0.891. The molecule has 96 valence electrons. The molecule has 1 aromatic carbocycles. The van der Waals surface area contributed by atoms with Gasteiger partial charge in [0.1, 0.15) is 0 Å². The van der Waals surface area contributed by atoms with Crippen molar-refractivity contribution in [2.75, 3.05) is 5.32 Å². The van der Waals surface area contributed by atoms with Crippen molar-refractivity contribution >= 4 is 33.1 Å². The third-order valence-corrected chi connectivity index (χ3v) is 3.95.